The van der Waals surface area contributed by atoms with Crippen molar-refractivity contribution in [1.29, 1.82) is 0 Å². The molecule has 9 heteroatoms. The Morgan fingerprint density at radius 3 is 1.66 bits per heavy atom. The van der Waals surface area contributed by atoms with Crippen LogP contribution in [0.15, 0.2) is 84.9 Å². The number of ether oxygens (including phenoxy) is 1. The summed E-state index contributed by atoms with van der Waals surface area (Å²) in [6.45, 7) is 0.101. The topological polar surface area (TPSA) is 104 Å². The first-order chi connectivity index (χ1) is 19.9. The van der Waals surface area contributed by atoms with Crippen molar-refractivity contribution in [3.05, 3.63) is 107 Å². The first-order valence-corrected chi connectivity index (χ1v) is 13.7. The van der Waals surface area contributed by atoms with Gasteiger partial charge in [0.15, 0.2) is 5.54 Å². The molecule has 5 rings (SSSR count). The molecule has 0 N–H and O–H groups in total. The average molecular weight is 554 g/mol. The highest BCUT2D eigenvalue weighted by Gasteiger charge is 2.59. The summed E-state index contributed by atoms with van der Waals surface area (Å²) < 4.78 is 4.77. The van der Waals surface area contributed by atoms with Crippen molar-refractivity contribution < 1.29 is 28.7 Å². The molecule has 0 spiro atoms. The van der Waals surface area contributed by atoms with Gasteiger partial charge in [0.1, 0.15) is 6.54 Å². The van der Waals surface area contributed by atoms with Crippen molar-refractivity contribution in [3.8, 4) is 0 Å². The Labute approximate surface area is 238 Å². The molecule has 0 atom stereocenters. The van der Waals surface area contributed by atoms with Crippen LogP contribution < -0.4 is 0 Å². The van der Waals surface area contributed by atoms with Crippen LogP contribution in [0.3, 0.4) is 0 Å². The fraction of sp³-hybridized carbons (Fsp3) is 0.281. The number of amides is 5. The van der Waals surface area contributed by atoms with Crippen LogP contribution in [0.2, 0.25) is 0 Å². The van der Waals surface area contributed by atoms with Crippen LogP contribution >= 0.6 is 0 Å². The Kier molecular flexibility index (Phi) is 7.96. The van der Waals surface area contributed by atoms with E-state index in [1.165, 1.54) is 12.0 Å². The monoisotopic (exact) mass is 553 g/mol. The van der Waals surface area contributed by atoms with Crippen molar-refractivity contribution in [2.75, 3.05) is 26.7 Å². The minimum Gasteiger partial charge on any atom is -0.468 e. The van der Waals surface area contributed by atoms with Gasteiger partial charge in [0.25, 0.3) is 17.7 Å². The largest absolute Gasteiger partial charge is 0.468 e. The number of nitrogens with zero attached hydrogens (tertiary/aromatic N) is 3. The lowest BCUT2D eigenvalue weighted by Crippen LogP contribution is -2.48. The fourth-order valence-corrected chi connectivity index (χ4v) is 5.70. The summed E-state index contributed by atoms with van der Waals surface area (Å²) in [5.74, 6) is -1.73. The number of imide groups is 2. The Morgan fingerprint density at radius 1 is 0.659 bits per heavy atom. The highest BCUT2D eigenvalue weighted by atomic mass is 16.5. The van der Waals surface area contributed by atoms with Gasteiger partial charge in [-0.1, -0.05) is 85.6 Å². The zero-order valence-electron chi connectivity index (χ0n) is 22.8. The second-order valence-electron chi connectivity index (χ2n) is 10.1. The molecule has 0 radical (unpaired) electrons. The van der Waals surface area contributed by atoms with Crippen LogP contribution in [0.4, 0.5) is 4.79 Å². The molecule has 0 aliphatic carbocycles. The number of esters is 1. The third-order valence-electron chi connectivity index (χ3n) is 7.71. The van der Waals surface area contributed by atoms with E-state index >= 15 is 0 Å². The number of hydrogen-bond acceptors (Lipinski definition) is 6. The van der Waals surface area contributed by atoms with Gasteiger partial charge in [-0.3, -0.25) is 29.0 Å². The molecule has 2 aliphatic heterocycles. The van der Waals surface area contributed by atoms with Gasteiger partial charge in [0.2, 0.25) is 0 Å². The molecule has 9 nitrogen and oxygen atoms in total. The molecule has 210 valence electrons. The third-order valence-corrected chi connectivity index (χ3v) is 7.71. The van der Waals surface area contributed by atoms with E-state index in [0.29, 0.717) is 48.1 Å². The van der Waals surface area contributed by atoms with Gasteiger partial charge >= 0.3 is 12.0 Å². The maximum atomic E-state index is 14.1. The van der Waals surface area contributed by atoms with E-state index in [9.17, 15) is 24.0 Å². The van der Waals surface area contributed by atoms with E-state index in [4.69, 9.17) is 4.74 Å². The van der Waals surface area contributed by atoms with E-state index in [2.05, 4.69) is 0 Å². The van der Waals surface area contributed by atoms with Gasteiger partial charge in [-0.05, 0) is 36.1 Å². The number of carbonyl (C=O) groups is 5. The molecule has 0 unspecified atom stereocenters. The van der Waals surface area contributed by atoms with Gasteiger partial charge in [-0.2, -0.15) is 0 Å². The lowest BCUT2D eigenvalue weighted by molar-refractivity contribution is -0.145. The fourth-order valence-electron chi connectivity index (χ4n) is 5.70. The van der Waals surface area contributed by atoms with Gasteiger partial charge in [0.05, 0.1) is 18.2 Å². The number of urea groups is 1. The number of rotatable bonds is 11. The van der Waals surface area contributed by atoms with Gasteiger partial charge < -0.3 is 9.64 Å². The van der Waals surface area contributed by atoms with Crippen LogP contribution in [0.5, 0.6) is 0 Å². The van der Waals surface area contributed by atoms with E-state index in [1.807, 2.05) is 60.7 Å². The lowest BCUT2D eigenvalue weighted by atomic mass is 9.81. The van der Waals surface area contributed by atoms with Crippen molar-refractivity contribution in [2.24, 2.45) is 0 Å². The van der Waals surface area contributed by atoms with Gasteiger partial charge in [-0.25, -0.2) is 4.79 Å². The van der Waals surface area contributed by atoms with Crippen molar-refractivity contribution in [2.45, 2.75) is 31.2 Å². The zero-order valence-corrected chi connectivity index (χ0v) is 22.8. The number of hydrogen-bond donors (Lipinski definition) is 0. The second-order valence-corrected chi connectivity index (χ2v) is 10.1. The maximum Gasteiger partial charge on any atom is 0.328 e. The average Bonchev–Trinajstić information content (AvgIpc) is 3.37. The van der Waals surface area contributed by atoms with Crippen molar-refractivity contribution >= 4 is 29.7 Å². The molecule has 0 bridgehead atoms. The van der Waals surface area contributed by atoms with E-state index in [0.717, 1.165) is 11.3 Å². The molecule has 5 amide bonds. The SMILES string of the molecule is COC(=O)CN1C(=O)N(CCCCCCN2C(=O)c3ccccc3C2=O)C(c2ccccc2)(c2ccccc2)C1=O. The van der Waals surface area contributed by atoms with Crippen LogP contribution in [-0.2, 0) is 19.9 Å². The molecule has 3 aromatic carbocycles. The number of carbonyl (C=O) groups excluding carboxylic acids is 5. The Balaban J connectivity index is 1.32. The zero-order chi connectivity index (χ0) is 29.0. The highest BCUT2D eigenvalue weighted by molar-refractivity contribution is 6.21. The summed E-state index contributed by atoms with van der Waals surface area (Å²) in [4.78, 5) is 69.1. The molecule has 0 aromatic heterocycles. The minimum absolute atomic E-state index is 0.263. The van der Waals surface area contributed by atoms with Crippen LogP contribution in [0.1, 0.15) is 57.5 Å². The molecule has 2 heterocycles. The molecule has 3 aromatic rings. The van der Waals surface area contributed by atoms with E-state index in [1.54, 1.807) is 29.2 Å². The first kappa shape index (κ1) is 27.8. The summed E-state index contributed by atoms with van der Waals surface area (Å²) in [7, 11) is 1.22. The van der Waals surface area contributed by atoms with E-state index in [-0.39, 0.29) is 18.4 Å². The summed E-state index contributed by atoms with van der Waals surface area (Å²) >= 11 is 0. The summed E-state index contributed by atoms with van der Waals surface area (Å²) in [6.07, 6.45) is 2.63. The minimum atomic E-state index is -1.44. The Bertz CT molecular complexity index is 1400. The molecule has 0 saturated carbocycles. The molecular weight excluding hydrogens is 522 g/mol. The standard InChI is InChI=1S/C32H31N3O6/c1-41-27(36)22-34-30(39)32(23-14-6-4-7-15-23,24-16-8-5-9-17-24)35(31(34)40)21-13-3-2-12-20-33-28(37)25-18-10-11-19-26(25)29(33)38/h4-11,14-19H,2-3,12-13,20-22H2,1H3. The second kappa shape index (κ2) is 11.8. The first-order valence-electron chi connectivity index (χ1n) is 13.7. The van der Waals surface area contributed by atoms with Crippen LogP contribution in [0.25, 0.3) is 0 Å². The quantitative estimate of drug-likeness (QED) is 0.152. The molecule has 41 heavy (non-hydrogen) atoms. The molecule has 2 aliphatic rings. The number of fused-ring (bicyclic) bond motifs is 1. The normalized spacial score (nSPS) is 16.0. The summed E-state index contributed by atoms with van der Waals surface area (Å²) in [6, 6.07) is 24.5. The van der Waals surface area contributed by atoms with Crippen LogP contribution in [-0.4, -0.2) is 71.2 Å². The molecule has 1 fully saturated rings. The van der Waals surface area contributed by atoms with Crippen LogP contribution in [0, 0.1) is 0 Å². The highest BCUT2D eigenvalue weighted by Crippen LogP contribution is 2.43. The predicted octanol–water partition coefficient (Wildman–Crippen LogP) is 4.22. The Morgan fingerprint density at radius 2 is 1.15 bits per heavy atom. The molecular formula is C32H31N3O6. The summed E-state index contributed by atoms with van der Waals surface area (Å²) in [5, 5.41) is 0. The lowest BCUT2D eigenvalue weighted by Gasteiger charge is -2.36. The third kappa shape index (κ3) is 4.88. The number of methoxy groups -OCH3 is 1. The van der Waals surface area contributed by atoms with Gasteiger partial charge in [0, 0.05) is 13.1 Å². The van der Waals surface area contributed by atoms with Gasteiger partial charge in [-0.15, -0.1) is 0 Å². The molecule has 1 saturated heterocycles. The van der Waals surface area contributed by atoms with E-state index < -0.39 is 30.0 Å². The van der Waals surface area contributed by atoms with Crippen molar-refractivity contribution in [1.82, 2.24) is 14.7 Å². The maximum absolute atomic E-state index is 14.1. The number of unbranched alkanes of at least 4 members (excludes halogenated alkanes) is 3. The number of benzene rings is 3. The smallest absolute Gasteiger partial charge is 0.328 e. The predicted molar refractivity (Wildman–Crippen MR) is 150 cm³/mol. The summed E-state index contributed by atoms with van der Waals surface area (Å²) in [5.41, 5.74) is 0.687. The Hall–Kier alpha value is -4.79. The van der Waals surface area contributed by atoms with Crippen molar-refractivity contribution in [3.63, 3.8) is 0 Å².